The number of nitrogen functional groups attached to an aromatic ring is 1. The van der Waals surface area contributed by atoms with Gasteiger partial charge in [-0.05, 0) is 24.3 Å². The summed E-state index contributed by atoms with van der Waals surface area (Å²) in [5.74, 6) is 5.67. The van der Waals surface area contributed by atoms with Gasteiger partial charge >= 0.3 is 0 Å². The van der Waals surface area contributed by atoms with Crippen LogP contribution >= 0.6 is 12.2 Å². The van der Waals surface area contributed by atoms with E-state index in [4.69, 9.17) is 18.1 Å². The summed E-state index contributed by atoms with van der Waals surface area (Å²) in [5.41, 5.74) is 0.713. The van der Waals surface area contributed by atoms with E-state index in [0.29, 0.717) is 10.3 Å². The Morgan fingerprint density at radius 2 is 2.17 bits per heavy atom. The monoisotopic (exact) mass is 177 g/mol. The van der Waals surface area contributed by atoms with Gasteiger partial charge in [0.15, 0.2) is 5.65 Å². The van der Waals surface area contributed by atoms with Crippen molar-refractivity contribution in [3.05, 3.63) is 35.1 Å². The predicted molar refractivity (Wildman–Crippen MR) is 50.7 cm³/mol. The molecule has 0 bridgehead atoms. The van der Waals surface area contributed by atoms with Crippen LogP contribution in [-0.2, 0) is 0 Å². The lowest BCUT2D eigenvalue weighted by Gasteiger charge is -2.02. The SMILES string of the molecule is Nn1c(=S)ccc2cccnc21. The maximum atomic E-state index is 5.67. The van der Waals surface area contributed by atoms with E-state index >= 15 is 0 Å². The highest BCUT2D eigenvalue weighted by Gasteiger charge is 1.95. The third kappa shape index (κ3) is 0.967. The van der Waals surface area contributed by atoms with Gasteiger partial charge in [0.1, 0.15) is 4.64 Å². The summed E-state index contributed by atoms with van der Waals surface area (Å²) in [6.45, 7) is 0. The minimum absolute atomic E-state index is 0.584. The molecule has 4 heteroatoms. The van der Waals surface area contributed by atoms with E-state index in [1.807, 2.05) is 18.2 Å². The zero-order valence-electron chi connectivity index (χ0n) is 6.27. The molecule has 0 aliphatic rings. The number of hydrogen-bond acceptors (Lipinski definition) is 3. The summed E-state index contributed by atoms with van der Waals surface area (Å²) in [5, 5.41) is 0.994. The molecule has 0 aliphatic carbocycles. The highest BCUT2D eigenvalue weighted by Crippen LogP contribution is 2.08. The van der Waals surface area contributed by atoms with Crippen molar-refractivity contribution >= 4 is 23.3 Å². The first-order valence-electron chi connectivity index (χ1n) is 3.51. The molecule has 0 spiro atoms. The molecule has 2 rings (SSSR count). The van der Waals surface area contributed by atoms with E-state index in [0.717, 1.165) is 5.39 Å². The summed E-state index contributed by atoms with van der Waals surface area (Å²) >= 11 is 4.98. The number of pyridine rings is 2. The number of aromatic nitrogens is 2. The second-order valence-electron chi connectivity index (χ2n) is 2.46. The van der Waals surface area contributed by atoms with Crippen molar-refractivity contribution in [3.8, 4) is 0 Å². The van der Waals surface area contributed by atoms with E-state index in [-0.39, 0.29) is 0 Å². The molecule has 2 aromatic heterocycles. The fourth-order valence-corrected chi connectivity index (χ4v) is 1.24. The summed E-state index contributed by atoms with van der Waals surface area (Å²) in [6, 6.07) is 7.51. The molecule has 0 aromatic carbocycles. The Hall–Kier alpha value is -1.42. The van der Waals surface area contributed by atoms with Crippen molar-refractivity contribution in [1.29, 1.82) is 0 Å². The first-order chi connectivity index (χ1) is 5.79. The molecule has 3 nitrogen and oxygen atoms in total. The number of hydrogen-bond donors (Lipinski definition) is 1. The summed E-state index contributed by atoms with van der Waals surface area (Å²) in [4.78, 5) is 4.11. The fraction of sp³-hybridized carbons (Fsp3) is 0. The van der Waals surface area contributed by atoms with Gasteiger partial charge in [0, 0.05) is 11.6 Å². The van der Waals surface area contributed by atoms with Crippen LogP contribution in [0.1, 0.15) is 0 Å². The fourth-order valence-electron chi connectivity index (χ4n) is 1.09. The first kappa shape index (κ1) is 7.24. The van der Waals surface area contributed by atoms with Crippen molar-refractivity contribution in [3.63, 3.8) is 0 Å². The normalized spacial score (nSPS) is 10.3. The van der Waals surface area contributed by atoms with E-state index < -0.39 is 0 Å². The highest BCUT2D eigenvalue weighted by atomic mass is 32.1. The molecular formula is C8H7N3S. The number of fused-ring (bicyclic) bond motifs is 1. The average molecular weight is 177 g/mol. The van der Waals surface area contributed by atoms with Crippen LogP contribution in [-0.4, -0.2) is 9.66 Å². The maximum Gasteiger partial charge on any atom is 0.159 e. The molecule has 0 unspecified atom stereocenters. The summed E-state index contributed by atoms with van der Waals surface area (Å²) in [6.07, 6.45) is 1.69. The van der Waals surface area contributed by atoms with Crippen LogP contribution in [0.25, 0.3) is 11.0 Å². The Morgan fingerprint density at radius 1 is 1.33 bits per heavy atom. The second kappa shape index (κ2) is 2.57. The van der Waals surface area contributed by atoms with Gasteiger partial charge in [-0.1, -0.05) is 12.2 Å². The van der Waals surface area contributed by atoms with Crippen LogP contribution in [0.4, 0.5) is 0 Å². The van der Waals surface area contributed by atoms with Crippen LogP contribution in [0.15, 0.2) is 30.5 Å². The molecule has 0 amide bonds. The second-order valence-corrected chi connectivity index (χ2v) is 2.88. The zero-order chi connectivity index (χ0) is 8.55. The Bertz CT molecular complexity index is 475. The van der Waals surface area contributed by atoms with E-state index in [9.17, 15) is 0 Å². The van der Waals surface area contributed by atoms with Crippen molar-refractivity contribution in [2.45, 2.75) is 0 Å². The quantitative estimate of drug-likeness (QED) is 0.489. The predicted octanol–water partition coefficient (Wildman–Crippen LogP) is 1.48. The highest BCUT2D eigenvalue weighted by molar-refractivity contribution is 7.71. The Kier molecular flexibility index (Phi) is 1.55. The molecule has 0 saturated heterocycles. The Morgan fingerprint density at radius 3 is 3.00 bits per heavy atom. The third-order valence-electron chi connectivity index (χ3n) is 1.69. The van der Waals surface area contributed by atoms with E-state index in [1.165, 1.54) is 4.68 Å². The van der Waals surface area contributed by atoms with Gasteiger partial charge in [-0.15, -0.1) is 0 Å². The molecule has 0 radical (unpaired) electrons. The van der Waals surface area contributed by atoms with Gasteiger partial charge < -0.3 is 5.84 Å². The van der Waals surface area contributed by atoms with Gasteiger partial charge in [0.25, 0.3) is 0 Å². The summed E-state index contributed by atoms with van der Waals surface area (Å²) < 4.78 is 1.99. The number of rotatable bonds is 0. The maximum absolute atomic E-state index is 5.67. The minimum Gasteiger partial charge on any atom is -0.336 e. The van der Waals surface area contributed by atoms with Crippen LogP contribution < -0.4 is 5.84 Å². The van der Waals surface area contributed by atoms with Crippen LogP contribution in [0, 0.1) is 4.64 Å². The first-order valence-corrected chi connectivity index (χ1v) is 3.92. The molecule has 0 aliphatic heterocycles. The zero-order valence-corrected chi connectivity index (χ0v) is 7.08. The largest absolute Gasteiger partial charge is 0.336 e. The smallest absolute Gasteiger partial charge is 0.159 e. The summed E-state index contributed by atoms with van der Waals surface area (Å²) in [7, 11) is 0. The van der Waals surface area contributed by atoms with Gasteiger partial charge in [-0.2, -0.15) is 0 Å². The number of nitrogens with zero attached hydrogens (tertiary/aromatic N) is 2. The molecule has 2 heterocycles. The van der Waals surface area contributed by atoms with E-state index in [1.54, 1.807) is 12.3 Å². The molecule has 0 fully saturated rings. The minimum atomic E-state index is 0.584. The van der Waals surface area contributed by atoms with Crippen molar-refractivity contribution in [2.24, 2.45) is 0 Å². The van der Waals surface area contributed by atoms with E-state index in [2.05, 4.69) is 4.98 Å². The van der Waals surface area contributed by atoms with Crippen molar-refractivity contribution in [2.75, 3.05) is 5.84 Å². The average Bonchev–Trinajstić information content (AvgIpc) is 2.12. The van der Waals surface area contributed by atoms with Crippen LogP contribution in [0.5, 0.6) is 0 Å². The third-order valence-corrected chi connectivity index (χ3v) is 2.02. The Balaban J connectivity index is 3.01. The Labute approximate surface area is 74.4 Å². The molecule has 2 N–H and O–H groups in total. The number of nitrogens with two attached hydrogens (primary N) is 1. The van der Waals surface area contributed by atoms with Crippen LogP contribution in [0.2, 0.25) is 0 Å². The lowest BCUT2D eigenvalue weighted by atomic mass is 10.3. The molecule has 0 saturated carbocycles. The van der Waals surface area contributed by atoms with Gasteiger partial charge in [0.2, 0.25) is 0 Å². The molecule has 12 heavy (non-hydrogen) atoms. The van der Waals surface area contributed by atoms with Crippen LogP contribution in [0.3, 0.4) is 0 Å². The molecule has 0 atom stereocenters. The lowest BCUT2D eigenvalue weighted by molar-refractivity contribution is 0.997. The lowest BCUT2D eigenvalue weighted by Crippen LogP contribution is -2.11. The van der Waals surface area contributed by atoms with Gasteiger partial charge in [-0.25, -0.2) is 9.66 Å². The molecule has 2 aromatic rings. The molecular weight excluding hydrogens is 170 g/mol. The van der Waals surface area contributed by atoms with Crippen molar-refractivity contribution < 1.29 is 0 Å². The molecule has 60 valence electrons. The topological polar surface area (TPSA) is 43.8 Å². The van der Waals surface area contributed by atoms with Gasteiger partial charge in [0.05, 0.1) is 0 Å². The standard InChI is InChI=1S/C8H7N3S/c9-11-7(12)4-3-6-2-1-5-10-8(6)11/h1-5H,9H2. The van der Waals surface area contributed by atoms with Crippen molar-refractivity contribution in [1.82, 2.24) is 9.66 Å². The van der Waals surface area contributed by atoms with Gasteiger partial charge in [-0.3, -0.25) is 0 Å².